The van der Waals surface area contributed by atoms with Gasteiger partial charge >= 0.3 is 0 Å². The molecule has 3 amide bonds. The van der Waals surface area contributed by atoms with Gasteiger partial charge in [-0.15, -0.1) is 0 Å². The number of methoxy groups -OCH3 is 1. The molecule has 2 aromatic carbocycles. The maximum Gasteiger partial charge on any atom is 0.296 e. The van der Waals surface area contributed by atoms with Gasteiger partial charge < -0.3 is 35.6 Å². The zero-order valence-corrected chi connectivity index (χ0v) is 26.5. The van der Waals surface area contributed by atoms with Crippen LogP contribution < -0.4 is 31.6 Å². The highest BCUT2D eigenvalue weighted by atomic mass is 16.6. The molecule has 3 heterocycles. The fraction of sp³-hybridized carbons (Fsp3) is 0.323. The van der Waals surface area contributed by atoms with Gasteiger partial charge in [-0.3, -0.25) is 34.5 Å². The Morgan fingerprint density at radius 1 is 1.10 bits per heavy atom. The number of amides is 3. The van der Waals surface area contributed by atoms with Crippen molar-refractivity contribution in [2.24, 2.45) is 17.4 Å². The molecule has 252 valence electrons. The molecule has 17 nitrogen and oxygen atoms in total. The van der Waals surface area contributed by atoms with Gasteiger partial charge in [0.2, 0.25) is 17.8 Å². The number of nitro benzene ring substituents is 1. The van der Waals surface area contributed by atoms with Gasteiger partial charge in [0.05, 0.1) is 43.1 Å². The lowest BCUT2D eigenvalue weighted by atomic mass is 10.1. The van der Waals surface area contributed by atoms with E-state index in [4.69, 9.17) is 25.7 Å². The van der Waals surface area contributed by atoms with Gasteiger partial charge in [-0.2, -0.15) is 5.10 Å². The van der Waals surface area contributed by atoms with Crippen LogP contribution in [0.25, 0.3) is 11.0 Å². The first-order valence-corrected chi connectivity index (χ1v) is 15.0. The van der Waals surface area contributed by atoms with Gasteiger partial charge in [-0.25, -0.2) is 4.98 Å². The summed E-state index contributed by atoms with van der Waals surface area (Å²) in [5.41, 5.74) is 12.6. The third kappa shape index (κ3) is 7.05. The molecule has 0 saturated carbocycles. The Bertz CT molecular complexity index is 1930. The lowest BCUT2D eigenvalue weighted by Crippen LogP contribution is -2.32. The molecule has 6 N–H and O–H groups in total. The smallest absolute Gasteiger partial charge is 0.296 e. The number of hydrogen-bond donors (Lipinski definition) is 4. The van der Waals surface area contributed by atoms with Gasteiger partial charge in [0.1, 0.15) is 22.7 Å². The monoisotopic (exact) mass is 661 g/mol. The summed E-state index contributed by atoms with van der Waals surface area (Å²) in [6.45, 7) is 5.66. The minimum atomic E-state index is -0.829. The van der Waals surface area contributed by atoms with Crippen LogP contribution in [0, 0.1) is 23.0 Å². The Hall–Kier alpha value is -5.97. The summed E-state index contributed by atoms with van der Waals surface area (Å²) in [6, 6.07) is 7.12. The molecule has 0 radical (unpaired) electrons. The van der Waals surface area contributed by atoms with Crippen molar-refractivity contribution in [1.82, 2.24) is 19.3 Å². The summed E-state index contributed by atoms with van der Waals surface area (Å²) < 4.78 is 19.9. The quantitative estimate of drug-likeness (QED) is 0.0821. The number of anilines is 2. The molecule has 2 aromatic heterocycles. The Balaban J connectivity index is 1.43. The van der Waals surface area contributed by atoms with E-state index in [-0.39, 0.29) is 59.8 Å². The summed E-state index contributed by atoms with van der Waals surface area (Å²) in [7, 11) is 1.44. The summed E-state index contributed by atoms with van der Waals surface area (Å²) in [5.74, 6) is -1.24. The second kappa shape index (κ2) is 14.2. The normalized spacial score (nSPS) is 13.0. The number of fused-ring (bicyclic) bond motifs is 1. The van der Waals surface area contributed by atoms with Gasteiger partial charge in [-0.05, 0) is 38.1 Å². The summed E-state index contributed by atoms with van der Waals surface area (Å²) in [5, 5.41) is 22.1. The molecule has 0 atom stereocenters. The van der Waals surface area contributed by atoms with Crippen LogP contribution in [0.15, 0.2) is 42.5 Å². The van der Waals surface area contributed by atoms with Crippen LogP contribution >= 0.6 is 0 Å². The number of aromatic nitrogens is 4. The largest absolute Gasteiger partial charge is 0.494 e. The van der Waals surface area contributed by atoms with E-state index in [1.807, 2.05) is 6.92 Å². The fourth-order valence-electron chi connectivity index (χ4n) is 5.13. The number of allylic oxidation sites excluding steroid dienone is 1. The zero-order chi connectivity index (χ0) is 34.5. The molecular formula is C31H35N9O8. The van der Waals surface area contributed by atoms with Crippen molar-refractivity contribution < 1.29 is 33.5 Å². The van der Waals surface area contributed by atoms with Crippen molar-refractivity contribution in [2.75, 3.05) is 44.1 Å². The molecule has 0 aliphatic carbocycles. The van der Waals surface area contributed by atoms with Gasteiger partial charge in [0.25, 0.3) is 11.6 Å². The molecule has 1 fully saturated rings. The maximum atomic E-state index is 13.3. The average molecular weight is 662 g/mol. The molecular weight excluding hydrogens is 626 g/mol. The number of carbonyl (C=O) groups is 3. The standard InChI is InChI=1S/C31H35N9O8/c1-4-39-23(9-17(2)37-39)30(43)36-31-35-21-10-19(28(32)41)13-25(46-3)27(21)38(31)8-6-5-7-34-26-22(40(44)45)11-20(29(33)42)12-24(26)48-16-18-14-47-15-18/h5-6,9-13,18,34H,4,7-8,14-16H2,1-3H3,(H2,32,41)(H2,33,42)(H,35,36,43). The van der Waals surface area contributed by atoms with Crippen molar-refractivity contribution in [3.8, 4) is 11.5 Å². The Morgan fingerprint density at radius 3 is 2.44 bits per heavy atom. The van der Waals surface area contributed by atoms with E-state index < -0.39 is 22.6 Å². The first kappa shape index (κ1) is 33.4. The second-order valence-electron chi connectivity index (χ2n) is 11.0. The predicted molar refractivity (Wildman–Crippen MR) is 174 cm³/mol. The lowest BCUT2D eigenvalue weighted by Gasteiger charge is -2.26. The van der Waals surface area contributed by atoms with Crippen molar-refractivity contribution in [2.45, 2.75) is 26.9 Å². The van der Waals surface area contributed by atoms with Crippen LogP contribution in [0.5, 0.6) is 11.5 Å². The number of primary amides is 2. The van der Waals surface area contributed by atoms with Crippen LogP contribution in [-0.4, -0.2) is 75.5 Å². The van der Waals surface area contributed by atoms with Crippen molar-refractivity contribution in [3.63, 3.8) is 0 Å². The minimum absolute atomic E-state index is 0.0604. The van der Waals surface area contributed by atoms with E-state index in [1.54, 1.807) is 34.4 Å². The number of nitrogens with two attached hydrogens (primary N) is 2. The molecule has 0 spiro atoms. The van der Waals surface area contributed by atoms with Crippen molar-refractivity contribution in [1.29, 1.82) is 0 Å². The Morgan fingerprint density at radius 2 is 1.81 bits per heavy atom. The number of nitrogens with zero attached hydrogens (tertiary/aromatic N) is 5. The molecule has 0 unspecified atom stereocenters. The van der Waals surface area contributed by atoms with E-state index in [0.29, 0.717) is 47.9 Å². The molecule has 0 bridgehead atoms. The highest BCUT2D eigenvalue weighted by Crippen LogP contribution is 2.37. The number of benzene rings is 2. The van der Waals surface area contributed by atoms with Gasteiger partial charge in [0.15, 0.2) is 5.69 Å². The third-order valence-electron chi connectivity index (χ3n) is 7.57. The summed E-state index contributed by atoms with van der Waals surface area (Å²) >= 11 is 0. The molecule has 5 rings (SSSR count). The number of nitrogens with one attached hydrogen (secondary N) is 2. The van der Waals surface area contributed by atoms with Crippen molar-refractivity contribution in [3.05, 3.63) is 75.1 Å². The number of aryl methyl sites for hydroxylation is 2. The van der Waals surface area contributed by atoms with Crippen LogP contribution in [0.4, 0.5) is 17.3 Å². The van der Waals surface area contributed by atoms with Crippen LogP contribution in [-0.2, 0) is 17.8 Å². The zero-order valence-electron chi connectivity index (χ0n) is 26.5. The summed E-state index contributed by atoms with van der Waals surface area (Å²) in [6.07, 6.45) is 3.47. The van der Waals surface area contributed by atoms with Crippen LogP contribution in [0.3, 0.4) is 0 Å². The maximum absolute atomic E-state index is 13.3. The predicted octanol–water partition coefficient (Wildman–Crippen LogP) is 2.62. The number of rotatable bonds is 15. The third-order valence-corrected chi connectivity index (χ3v) is 7.57. The molecule has 4 aromatic rings. The van der Waals surface area contributed by atoms with E-state index in [0.717, 1.165) is 6.07 Å². The Labute approximate surface area is 274 Å². The minimum Gasteiger partial charge on any atom is -0.494 e. The van der Waals surface area contributed by atoms with Gasteiger partial charge in [0, 0.05) is 42.7 Å². The van der Waals surface area contributed by atoms with Crippen molar-refractivity contribution >= 4 is 46.1 Å². The number of nitro groups is 1. The van der Waals surface area contributed by atoms with E-state index in [2.05, 4.69) is 20.7 Å². The first-order chi connectivity index (χ1) is 23.0. The van der Waals surface area contributed by atoms with Crippen LogP contribution in [0.2, 0.25) is 0 Å². The second-order valence-corrected chi connectivity index (χ2v) is 11.0. The summed E-state index contributed by atoms with van der Waals surface area (Å²) in [4.78, 5) is 53.1. The number of carbonyl (C=O) groups excluding carboxylic acids is 3. The number of ether oxygens (including phenoxy) is 3. The SMILES string of the molecule is CCn1nc(C)cc1C(=O)Nc1nc2cc(C(N)=O)cc(OC)c2n1CC=CCNc1c(OCC2COC2)cc(C(N)=O)cc1[N+](=O)[O-]. The van der Waals surface area contributed by atoms with E-state index in [1.165, 1.54) is 25.3 Å². The van der Waals surface area contributed by atoms with Gasteiger partial charge in [-0.1, -0.05) is 12.2 Å². The molecule has 1 aliphatic rings. The van der Waals surface area contributed by atoms with E-state index in [9.17, 15) is 24.5 Å². The fourth-order valence-corrected chi connectivity index (χ4v) is 5.13. The average Bonchev–Trinajstić information content (AvgIpc) is 3.58. The highest BCUT2D eigenvalue weighted by molar-refractivity contribution is 6.04. The van der Waals surface area contributed by atoms with E-state index >= 15 is 0 Å². The van der Waals surface area contributed by atoms with Crippen LogP contribution in [0.1, 0.15) is 43.8 Å². The molecule has 1 aliphatic heterocycles. The number of hydrogen-bond acceptors (Lipinski definition) is 11. The molecule has 17 heteroatoms. The highest BCUT2D eigenvalue weighted by Gasteiger charge is 2.25. The number of imidazole rings is 1. The topological polar surface area (TPSA) is 234 Å². The first-order valence-electron chi connectivity index (χ1n) is 15.0. The Kier molecular flexibility index (Phi) is 9.88. The lowest BCUT2D eigenvalue weighted by molar-refractivity contribution is -0.384. The molecule has 1 saturated heterocycles. The molecule has 48 heavy (non-hydrogen) atoms.